The smallest absolute Gasteiger partial charge is 0.220 e. The molecule has 0 bridgehead atoms. The van der Waals surface area contributed by atoms with Gasteiger partial charge in [0.15, 0.2) is 5.75 Å². The van der Waals surface area contributed by atoms with Gasteiger partial charge in [0.25, 0.3) is 0 Å². The number of nitrogens with zero attached hydrogens (tertiary/aromatic N) is 2. The van der Waals surface area contributed by atoms with E-state index in [2.05, 4.69) is 9.97 Å². The predicted octanol–water partition coefficient (Wildman–Crippen LogP) is 1.31. The number of anilines is 1. The third-order valence-electron chi connectivity index (χ3n) is 2.04. The minimum Gasteiger partial charge on any atom is -0.454 e. The number of benzene rings is 1. The maximum Gasteiger partial charge on any atom is 0.220 e. The molecular weight excluding hydrogens is 204 g/mol. The molecular formula is C11H12N4O. The molecule has 5 heteroatoms. The minimum atomic E-state index is 0.228. The molecule has 0 aliphatic carbocycles. The van der Waals surface area contributed by atoms with Crippen molar-refractivity contribution in [3.05, 3.63) is 42.2 Å². The first-order valence-corrected chi connectivity index (χ1v) is 4.82. The van der Waals surface area contributed by atoms with Crippen molar-refractivity contribution in [2.45, 2.75) is 6.54 Å². The van der Waals surface area contributed by atoms with Gasteiger partial charge in [0.05, 0.1) is 12.4 Å². The fourth-order valence-electron chi connectivity index (χ4n) is 1.21. The average molecular weight is 216 g/mol. The third-order valence-corrected chi connectivity index (χ3v) is 2.04. The molecule has 0 spiro atoms. The van der Waals surface area contributed by atoms with Crippen LogP contribution in [0.2, 0.25) is 0 Å². The highest BCUT2D eigenvalue weighted by molar-refractivity contribution is 5.32. The molecule has 1 heterocycles. The zero-order valence-electron chi connectivity index (χ0n) is 8.63. The molecule has 0 saturated carbocycles. The van der Waals surface area contributed by atoms with E-state index >= 15 is 0 Å². The number of rotatable bonds is 3. The summed E-state index contributed by atoms with van der Waals surface area (Å²) in [7, 11) is 0. The lowest BCUT2D eigenvalue weighted by Gasteiger charge is -2.05. The summed E-state index contributed by atoms with van der Waals surface area (Å²) in [6.07, 6.45) is 3.05. The van der Waals surface area contributed by atoms with Crippen LogP contribution in [0, 0.1) is 0 Å². The van der Waals surface area contributed by atoms with E-state index in [0.717, 1.165) is 5.56 Å². The van der Waals surface area contributed by atoms with Crippen LogP contribution in [0.15, 0.2) is 36.7 Å². The second-order valence-corrected chi connectivity index (χ2v) is 3.23. The van der Waals surface area contributed by atoms with Crippen molar-refractivity contribution in [2.24, 2.45) is 5.73 Å². The van der Waals surface area contributed by atoms with Crippen LogP contribution in [-0.4, -0.2) is 9.97 Å². The van der Waals surface area contributed by atoms with Gasteiger partial charge < -0.3 is 16.2 Å². The van der Waals surface area contributed by atoms with Crippen LogP contribution in [0.1, 0.15) is 5.56 Å². The Kier molecular flexibility index (Phi) is 2.98. The molecule has 5 nitrogen and oxygen atoms in total. The van der Waals surface area contributed by atoms with Gasteiger partial charge in [-0.2, -0.15) is 0 Å². The van der Waals surface area contributed by atoms with Crippen LogP contribution in [0.4, 0.5) is 5.95 Å². The van der Waals surface area contributed by atoms with Gasteiger partial charge in [0.2, 0.25) is 5.95 Å². The van der Waals surface area contributed by atoms with Crippen molar-refractivity contribution in [1.82, 2.24) is 9.97 Å². The summed E-state index contributed by atoms with van der Waals surface area (Å²) in [4.78, 5) is 7.66. The lowest BCUT2D eigenvalue weighted by Crippen LogP contribution is -1.96. The number of hydrogen-bond acceptors (Lipinski definition) is 5. The SMILES string of the molecule is NCc1ccc(Oc2cnc(N)nc2)cc1. The molecule has 0 atom stereocenters. The number of ether oxygens (including phenoxy) is 1. The van der Waals surface area contributed by atoms with Crippen molar-refractivity contribution in [2.75, 3.05) is 5.73 Å². The molecule has 0 radical (unpaired) electrons. The fourth-order valence-corrected chi connectivity index (χ4v) is 1.21. The second kappa shape index (κ2) is 4.59. The Morgan fingerprint density at radius 1 is 1.00 bits per heavy atom. The monoisotopic (exact) mass is 216 g/mol. The Hall–Kier alpha value is -2.14. The number of nitrogens with two attached hydrogens (primary N) is 2. The summed E-state index contributed by atoms with van der Waals surface area (Å²) >= 11 is 0. The maximum absolute atomic E-state index is 5.51. The second-order valence-electron chi connectivity index (χ2n) is 3.23. The number of hydrogen-bond donors (Lipinski definition) is 2. The Morgan fingerprint density at radius 2 is 1.62 bits per heavy atom. The number of aromatic nitrogens is 2. The predicted molar refractivity (Wildman–Crippen MR) is 60.9 cm³/mol. The van der Waals surface area contributed by atoms with Crippen molar-refractivity contribution >= 4 is 5.95 Å². The standard InChI is InChI=1S/C11H12N4O/c12-5-8-1-3-9(4-2-8)16-10-6-14-11(13)15-7-10/h1-4,6-7H,5,12H2,(H2,13,14,15). The molecule has 2 rings (SSSR count). The van der Waals surface area contributed by atoms with Gasteiger partial charge in [-0.05, 0) is 17.7 Å². The molecule has 0 amide bonds. The molecule has 0 unspecified atom stereocenters. The summed E-state index contributed by atoms with van der Waals surface area (Å²) in [6.45, 7) is 0.519. The van der Waals surface area contributed by atoms with Crippen molar-refractivity contribution in [3.8, 4) is 11.5 Å². The van der Waals surface area contributed by atoms with Crippen LogP contribution >= 0.6 is 0 Å². The molecule has 0 aliphatic rings. The van der Waals surface area contributed by atoms with E-state index < -0.39 is 0 Å². The molecule has 1 aromatic carbocycles. The average Bonchev–Trinajstić information content (AvgIpc) is 2.33. The highest BCUT2D eigenvalue weighted by Crippen LogP contribution is 2.20. The third kappa shape index (κ3) is 2.46. The largest absolute Gasteiger partial charge is 0.454 e. The van der Waals surface area contributed by atoms with Crippen LogP contribution in [0.25, 0.3) is 0 Å². The quantitative estimate of drug-likeness (QED) is 0.807. The first-order valence-electron chi connectivity index (χ1n) is 4.82. The summed E-state index contributed by atoms with van der Waals surface area (Å²) in [5, 5.41) is 0. The summed E-state index contributed by atoms with van der Waals surface area (Å²) in [5.41, 5.74) is 11.9. The molecule has 1 aromatic heterocycles. The van der Waals surface area contributed by atoms with Crippen molar-refractivity contribution < 1.29 is 4.74 Å². The van der Waals surface area contributed by atoms with E-state index in [1.807, 2.05) is 24.3 Å². The molecule has 0 saturated heterocycles. The van der Waals surface area contributed by atoms with Gasteiger partial charge in [0, 0.05) is 6.54 Å². The van der Waals surface area contributed by atoms with Crippen LogP contribution < -0.4 is 16.2 Å². The fraction of sp³-hybridized carbons (Fsp3) is 0.0909. The first kappa shape index (κ1) is 10.4. The summed E-state index contributed by atoms with van der Waals surface area (Å²) in [6, 6.07) is 7.51. The Bertz CT molecular complexity index is 452. The molecule has 0 aliphatic heterocycles. The van der Waals surface area contributed by atoms with Gasteiger partial charge in [-0.1, -0.05) is 12.1 Å². The number of nitrogen functional groups attached to an aromatic ring is 1. The Labute approximate surface area is 93.1 Å². The van der Waals surface area contributed by atoms with Gasteiger partial charge >= 0.3 is 0 Å². The van der Waals surface area contributed by atoms with Gasteiger partial charge in [0.1, 0.15) is 5.75 Å². The molecule has 2 aromatic rings. The lowest BCUT2D eigenvalue weighted by molar-refractivity contribution is 0.477. The Morgan fingerprint density at radius 3 is 2.19 bits per heavy atom. The van der Waals surface area contributed by atoms with E-state index in [1.54, 1.807) is 0 Å². The molecule has 82 valence electrons. The van der Waals surface area contributed by atoms with Crippen LogP contribution in [0.5, 0.6) is 11.5 Å². The highest BCUT2D eigenvalue weighted by Gasteiger charge is 1.98. The topological polar surface area (TPSA) is 87.0 Å². The maximum atomic E-state index is 5.51. The van der Waals surface area contributed by atoms with Crippen LogP contribution in [-0.2, 0) is 6.54 Å². The van der Waals surface area contributed by atoms with E-state index in [9.17, 15) is 0 Å². The van der Waals surface area contributed by atoms with E-state index in [0.29, 0.717) is 18.0 Å². The molecule has 0 fully saturated rings. The van der Waals surface area contributed by atoms with Crippen LogP contribution in [0.3, 0.4) is 0 Å². The molecule has 4 N–H and O–H groups in total. The van der Waals surface area contributed by atoms with Gasteiger partial charge in [-0.3, -0.25) is 0 Å². The zero-order valence-corrected chi connectivity index (χ0v) is 8.63. The molecule has 16 heavy (non-hydrogen) atoms. The minimum absolute atomic E-state index is 0.228. The lowest BCUT2D eigenvalue weighted by atomic mass is 10.2. The summed E-state index contributed by atoms with van der Waals surface area (Å²) in [5.74, 6) is 1.49. The van der Waals surface area contributed by atoms with E-state index in [-0.39, 0.29) is 5.95 Å². The normalized spacial score (nSPS) is 10.1. The first-order chi connectivity index (χ1) is 7.78. The van der Waals surface area contributed by atoms with Crippen molar-refractivity contribution in [3.63, 3.8) is 0 Å². The van der Waals surface area contributed by atoms with Crippen molar-refractivity contribution in [1.29, 1.82) is 0 Å². The summed E-state index contributed by atoms with van der Waals surface area (Å²) < 4.78 is 5.51. The van der Waals surface area contributed by atoms with Gasteiger partial charge in [-0.25, -0.2) is 9.97 Å². The Balaban J connectivity index is 2.11. The van der Waals surface area contributed by atoms with E-state index in [4.69, 9.17) is 16.2 Å². The van der Waals surface area contributed by atoms with E-state index in [1.165, 1.54) is 12.4 Å². The van der Waals surface area contributed by atoms with Gasteiger partial charge in [-0.15, -0.1) is 0 Å². The zero-order chi connectivity index (χ0) is 11.4. The highest BCUT2D eigenvalue weighted by atomic mass is 16.5.